The smallest absolute Gasteiger partial charge is 0.338 e. The van der Waals surface area contributed by atoms with Gasteiger partial charge < -0.3 is 4.74 Å². The normalized spacial score (nSPS) is 20.7. The fraction of sp³-hybridized carbons (Fsp3) is 0.0909. The van der Waals surface area contributed by atoms with Crippen molar-refractivity contribution in [2.75, 3.05) is 0 Å². The molecule has 1 heterocycles. The van der Waals surface area contributed by atoms with Gasteiger partial charge in [0.1, 0.15) is 5.92 Å². The zero-order valence-corrected chi connectivity index (χ0v) is 7.34. The van der Waals surface area contributed by atoms with E-state index in [2.05, 4.69) is 4.74 Å². The lowest BCUT2D eigenvalue weighted by Crippen LogP contribution is -2.21. The third kappa shape index (κ3) is 1.57. The van der Waals surface area contributed by atoms with Crippen molar-refractivity contribution in [3.05, 3.63) is 48.0 Å². The number of rotatable bonds is 1. The highest BCUT2D eigenvalue weighted by molar-refractivity contribution is 5.99. The molecular formula is C11H8O3. The first kappa shape index (κ1) is 8.69. The lowest BCUT2D eigenvalue weighted by atomic mass is 9.98. The molecule has 0 radical (unpaired) electrons. The number of hydrogen-bond donors (Lipinski definition) is 0. The summed E-state index contributed by atoms with van der Waals surface area (Å²) in [4.78, 5) is 22.0. The van der Waals surface area contributed by atoms with Crippen LogP contribution in [0.15, 0.2) is 42.5 Å². The first-order chi connectivity index (χ1) is 6.77. The molecule has 1 aliphatic rings. The van der Waals surface area contributed by atoms with E-state index < -0.39 is 17.9 Å². The van der Waals surface area contributed by atoms with Crippen LogP contribution < -0.4 is 0 Å². The van der Waals surface area contributed by atoms with E-state index in [0.29, 0.717) is 0 Å². The molecule has 1 atom stereocenters. The van der Waals surface area contributed by atoms with Crippen molar-refractivity contribution in [1.82, 2.24) is 0 Å². The van der Waals surface area contributed by atoms with Crippen molar-refractivity contribution in [2.45, 2.75) is 5.92 Å². The van der Waals surface area contributed by atoms with E-state index in [4.69, 9.17) is 0 Å². The Hall–Kier alpha value is -1.90. The lowest BCUT2D eigenvalue weighted by Gasteiger charge is -2.14. The minimum absolute atomic E-state index is 0.450. The van der Waals surface area contributed by atoms with Crippen LogP contribution in [-0.4, -0.2) is 11.9 Å². The highest BCUT2D eigenvalue weighted by atomic mass is 16.6. The zero-order chi connectivity index (χ0) is 9.97. The summed E-state index contributed by atoms with van der Waals surface area (Å²) >= 11 is 0. The third-order valence-electron chi connectivity index (χ3n) is 2.04. The number of carbonyl (C=O) groups excluding carboxylic acids is 2. The summed E-state index contributed by atoms with van der Waals surface area (Å²) in [7, 11) is 0. The molecule has 3 nitrogen and oxygen atoms in total. The van der Waals surface area contributed by atoms with E-state index in [1.54, 1.807) is 6.08 Å². The van der Waals surface area contributed by atoms with Gasteiger partial charge in [-0.25, -0.2) is 4.79 Å². The minimum Gasteiger partial charge on any atom is -0.389 e. The molecule has 14 heavy (non-hydrogen) atoms. The standard InChI is InChI=1S/C11H8O3/c12-10-7-6-9(11(13)14-10)8-4-2-1-3-5-8/h1-7,9H. The molecule has 0 amide bonds. The molecule has 1 aromatic carbocycles. The van der Waals surface area contributed by atoms with E-state index in [1.807, 2.05) is 30.3 Å². The molecule has 1 aromatic rings. The largest absolute Gasteiger partial charge is 0.389 e. The first-order valence-corrected chi connectivity index (χ1v) is 4.26. The third-order valence-corrected chi connectivity index (χ3v) is 2.04. The van der Waals surface area contributed by atoms with Crippen molar-refractivity contribution < 1.29 is 14.3 Å². The van der Waals surface area contributed by atoms with Crippen molar-refractivity contribution in [3.63, 3.8) is 0 Å². The monoisotopic (exact) mass is 188 g/mol. The van der Waals surface area contributed by atoms with Gasteiger partial charge in [0.05, 0.1) is 0 Å². The maximum atomic E-state index is 11.3. The molecule has 1 aliphatic heterocycles. The van der Waals surface area contributed by atoms with Crippen LogP contribution >= 0.6 is 0 Å². The van der Waals surface area contributed by atoms with Gasteiger partial charge in [-0.3, -0.25) is 4.79 Å². The molecule has 0 bridgehead atoms. The van der Waals surface area contributed by atoms with Gasteiger partial charge in [-0.15, -0.1) is 0 Å². The maximum Gasteiger partial charge on any atom is 0.338 e. The van der Waals surface area contributed by atoms with Gasteiger partial charge in [0, 0.05) is 6.08 Å². The Balaban J connectivity index is 2.32. The molecule has 3 heteroatoms. The van der Waals surface area contributed by atoms with Gasteiger partial charge in [0.25, 0.3) is 0 Å². The Morgan fingerprint density at radius 1 is 1.07 bits per heavy atom. The summed E-state index contributed by atoms with van der Waals surface area (Å²) in [6.07, 6.45) is 2.84. The quantitative estimate of drug-likeness (QED) is 0.494. The predicted octanol–water partition coefficient (Wildman–Crippen LogP) is 1.41. The van der Waals surface area contributed by atoms with Crippen molar-refractivity contribution in [1.29, 1.82) is 0 Å². The van der Waals surface area contributed by atoms with Crippen LogP contribution in [0.3, 0.4) is 0 Å². The summed E-state index contributed by atoms with van der Waals surface area (Å²) in [5, 5.41) is 0. The Kier molecular flexibility index (Phi) is 2.14. The fourth-order valence-electron chi connectivity index (χ4n) is 1.36. The number of cyclic esters (lactones) is 2. The lowest BCUT2D eigenvalue weighted by molar-refractivity contribution is -0.157. The van der Waals surface area contributed by atoms with Gasteiger partial charge in [0.2, 0.25) is 0 Å². The van der Waals surface area contributed by atoms with Gasteiger partial charge in [-0.2, -0.15) is 0 Å². The second-order valence-electron chi connectivity index (χ2n) is 2.99. The Labute approximate surface area is 81.0 Å². The first-order valence-electron chi connectivity index (χ1n) is 4.26. The topological polar surface area (TPSA) is 43.4 Å². The van der Waals surface area contributed by atoms with Gasteiger partial charge in [0.15, 0.2) is 0 Å². The Bertz CT molecular complexity index is 392. The fourth-order valence-corrected chi connectivity index (χ4v) is 1.36. The molecule has 0 fully saturated rings. The summed E-state index contributed by atoms with van der Waals surface area (Å²) in [6.45, 7) is 0. The average Bonchev–Trinajstić information content (AvgIpc) is 2.19. The highest BCUT2D eigenvalue weighted by Gasteiger charge is 2.25. The molecule has 1 unspecified atom stereocenters. The zero-order valence-electron chi connectivity index (χ0n) is 7.34. The van der Waals surface area contributed by atoms with Crippen molar-refractivity contribution in [3.8, 4) is 0 Å². The van der Waals surface area contributed by atoms with E-state index in [-0.39, 0.29) is 0 Å². The number of esters is 2. The second kappa shape index (κ2) is 3.46. The van der Waals surface area contributed by atoms with Crippen molar-refractivity contribution in [2.24, 2.45) is 0 Å². The molecule has 0 saturated heterocycles. The number of benzene rings is 1. The van der Waals surface area contributed by atoms with E-state index in [1.165, 1.54) is 6.08 Å². The average molecular weight is 188 g/mol. The minimum atomic E-state index is -0.595. The molecule has 0 N–H and O–H groups in total. The molecule has 70 valence electrons. The maximum absolute atomic E-state index is 11.3. The van der Waals surface area contributed by atoms with Gasteiger partial charge >= 0.3 is 11.9 Å². The molecule has 0 spiro atoms. The predicted molar refractivity (Wildman–Crippen MR) is 49.4 cm³/mol. The van der Waals surface area contributed by atoms with Gasteiger partial charge in [-0.05, 0) is 5.56 Å². The van der Waals surface area contributed by atoms with E-state index >= 15 is 0 Å². The van der Waals surface area contributed by atoms with Gasteiger partial charge in [-0.1, -0.05) is 36.4 Å². The number of hydrogen-bond acceptors (Lipinski definition) is 3. The van der Waals surface area contributed by atoms with Crippen molar-refractivity contribution >= 4 is 11.9 Å². The van der Waals surface area contributed by atoms with Crippen LogP contribution in [0.1, 0.15) is 11.5 Å². The molecule has 0 aromatic heterocycles. The van der Waals surface area contributed by atoms with Crippen LogP contribution in [0.4, 0.5) is 0 Å². The summed E-state index contributed by atoms with van der Waals surface area (Å²) in [5.74, 6) is -1.56. The highest BCUT2D eigenvalue weighted by Crippen LogP contribution is 2.21. The second-order valence-corrected chi connectivity index (χ2v) is 2.99. The Morgan fingerprint density at radius 3 is 2.43 bits per heavy atom. The SMILES string of the molecule is O=C1C=CC(c2ccccc2)C(=O)O1. The van der Waals surface area contributed by atoms with Crippen LogP contribution in [0, 0.1) is 0 Å². The van der Waals surface area contributed by atoms with Crippen LogP contribution in [0.2, 0.25) is 0 Å². The summed E-state index contributed by atoms with van der Waals surface area (Å²) in [5.41, 5.74) is 0.834. The molecule has 0 saturated carbocycles. The van der Waals surface area contributed by atoms with Crippen LogP contribution in [0.5, 0.6) is 0 Å². The van der Waals surface area contributed by atoms with Crippen LogP contribution in [0.25, 0.3) is 0 Å². The summed E-state index contributed by atoms with van der Waals surface area (Å²) in [6, 6.07) is 9.20. The van der Waals surface area contributed by atoms with E-state index in [0.717, 1.165) is 5.56 Å². The van der Waals surface area contributed by atoms with E-state index in [9.17, 15) is 9.59 Å². The van der Waals surface area contributed by atoms with Crippen LogP contribution in [-0.2, 0) is 14.3 Å². The Morgan fingerprint density at radius 2 is 1.79 bits per heavy atom. The number of carbonyl (C=O) groups is 2. The summed E-state index contributed by atoms with van der Waals surface area (Å²) < 4.78 is 4.49. The molecule has 0 aliphatic carbocycles. The molecule has 2 rings (SSSR count). The molecular weight excluding hydrogens is 180 g/mol. The number of ether oxygens (including phenoxy) is 1.